The molecule has 0 saturated carbocycles. The maximum atomic E-state index is 13.4. The molecule has 1 unspecified atom stereocenters. The van der Waals surface area contributed by atoms with Gasteiger partial charge in [-0.05, 0) is 20.8 Å². The highest BCUT2D eigenvalue weighted by Gasteiger charge is 2.67. The molecule has 26 heavy (non-hydrogen) atoms. The van der Waals surface area contributed by atoms with E-state index in [0.29, 0.717) is 0 Å². The molecule has 0 aromatic carbocycles. The van der Waals surface area contributed by atoms with Gasteiger partial charge in [-0.2, -0.15) is 30.4 Å². The van der Waals surface area contributed by atoms with Crippen LogP contribution in [-0.2, 0) is 29.2 Å². The largest absolute Gasteiger partial charge is 0.466 e. The summed E-state index contributed by atoms with van der Waals surface area (Å²) in [6.07, 6.45) is -5.90. The van der Waals surface area contributed by atoms with Gasteiger partial charge < -0.3 is 14.8 Å². The van der Waals surface area contributed by atoms with Crippen LogP contribution in [0.3, 0.4) is 0 Å². The average molecular weight is 413 g/mol. The zero-order chi connectivity index (χ0) is 21.1. The van der Waals surface area contributed by atoms with Crippen molar-refractivity contribution in [3.63, 3.8) is 0 Å². The number of rotatable bonds is 8. The number of ether oxygens (including phenoxy) is 2. The molecule has 0 spiro atoms. The number of carbonyl (C=O) groups is 2. The van der Waals surface area contributed by atoms with Crippen LogP contribution in [0.1, 0.15) is 20.8 Å². The Morgan fingerprint density at radius 3 is 1.96 bits per heavy atom. The molecule has 0 bridgehead atoms. The predicted octanol–water partition coefficient (Wildman–Crippen LogP) is 1.39. The molecular weight excluding hydrogens is 397 g/mol. The summed E-state index contributed by atoms with van der Waals surface area (Å²) in [7, 11) is -6.18. The first-order chi connectivity index (χ1) is 11.4. The third-order valence-corrected chi connectivity index (χ3v) is 3.37. The van der Waals surface area contributed by atoms with Crippen molar-refractivity contribution < 1.29 is 54.0 Å². The minimum Gasteiger partial charge on any atom is -0.412 e. The molecular formula is C12H16F5NO7S. The number of alkyl halides is 5. The van der Waals surface area contributed by atoms with Gasteiger partial charge in [0.15, 0.2) is 0 Å². The Kier molecular flexibility index (Phi) is 7.29. The fraction of sp³-hybridized carbons (Fsp3) is 0.667. The molecule has 1 atom stereocenters. The summed E-state index contributed by atoms with van der Waals surface area (Å²) in [6.45, 7) is 3.64. The van der Waals surface area contributed by atoms with E-state index in [2.05, 4.69) is 16.1 Å². The van der Waals surface area contributed by atoms with Crippen molar-refractivity contribution in [2.45, 2.75) is 44.0 Å². The van der Waals surface area contributed by atoms with Crippen LogP contribution in [0.2, 0.25) is 0 Å². The molecule has 0 saturated heterocycles. The van der Waals surface area contributed by atoms with E-state index < -0.39 is 57.4 Å². The van der Waals surface area contributed by atoms with E-state index in [1.54, 1.807) is 5.32 Å². The Balaban J connectivity index is 6.15. The normalized spacial score (nSPS) is 15.3. The monoisotopic (exact) mass is 413 g/mol. The first-order valence-corrected chi connectivity index (χ1v) is 8.06. The van der Waals surface area contributed by atoms with Gasteiger partial charge in [0.25, 0.3) is 0 Å². The first kappa shape index (κ1) is 24.2. The third-order valence-electron chi connectivity index (χ3n) is 2.50. The zero-order valence-electron chi connectivity index (χ0n) is 13.7. The van der Waals surface area contributed by atoms with E-state index >= 15 is 0 Å². The molecule has 0 heterocycles. The van der Waals surface area contributed by atoms with Gasteiger partial charge >= 0.3 is 39.2 Å². The quantitative estimate of drug-likeness (QED) is 0.203. The van der Waals surface area contributed by atoms with Crippen molar-refractivity contribution >= 4 is 22.0 Å². The standard InChI is InChI=1S/C12H16F5NO7S/c1-6(2)8(19)25-11(12(15,16)17,9(20)18-7(3)4)24-5-10(13,14)26(21,22)23/h7H,1,5H2,2-4H3,(H,18,20)(H,21,22,23). The Bertz CT molecular complexity index is 674. The van der Waals surface area contributed by atoms with Crippen molar-refractivity contribution in [3.05, 3.63) is 12.2 Å². The number of esters is 1. The molecule has 0 aliphatic carbocycles. The van der Waals surface area contributed by atoms with Crippen LogP contribution in [0.5, 0.6) is 0 Å². The lowest BCUT2D eigenvalue weighted by atomic mass is 10.2. The molecule has 0 aliphatic heterocycles. The number of amides is 1. The Morgan fingerprint density at radius 2 is 1.65 bits per heavy atom. The van der Waals surface area contributed by atoms with Gasteiger partial charge in [-0.25, -0.2) is 4.79 Å². The van der Waals surface area contributed by atoms with Crippen LogP contribution < -0.4 is 5.32 Å². The lowest BCUT2D eigenvalue weighted by Crippen LogP contribution is -2.63. The predicted molar refractivity (Wildman–Crippen MR) is 75.4 cm³/mol. The summed E-state index contributed by atoms with van der Waals surface area (Å²) in [6, 6.07) is -0.974. The molecule has 0 aromatic rings. The van der Waals surface area contributed by atoms with Crippen LogP contribution in [-0.4, -0.2) is 54.7 Å². The van der Waals surface area contributed by atoms with Crippen molar-refractivity contribution in [1.82, 2.24) is 5.32 Å². The van der Waals surface area contributed by atoms with E-state index in [4.69, 9.17) is 4.55 Å². The molecule has 0 rings (SSSR count). The second-order valence-electron chi connectivity index (χ2n) is 5.31. The van der Waals surface area contributed by atoms with E-state index in [0.717, 1.165) is 6.92 Å². The van der Waals surface area contributed by atoms with Gasteiger partial charge in [0.2, 0.25) is 0 Å². The molecule has 0 aromatic heterocycles. The van der Waals surface area contributed by atoms with Gasteiger partial charge in [-0.1, -0.05) is 6.58 Å². The third kappa shape index (κ3) is 5.60. The average Bonchev–Trinajstić information content (AvgIpc) is 2.39. The number of nitrogens with one attached hydrogen (secondary N) is 1. The second kappa shape index (κ2) is 7.84. The summed E-state index contributed by atoms with van der Waals surface area (Å²) >= 11 is 0. The van der Waals surface area contributed by atoms with Crippen LogP contribution in [0.4, 0.5) is 22.0 Å². The minimum absolute atomic E-state index is 0.638. The summed E-state index contributed by atoms with van der Waals surface area (Å²) in [5, 5.41) is -3.56. The first-order valence-electron chi connectivity index (χ1n) is 6.62. The van der Waals surface area contributed by atoms with E-state index in [9.17, 15) is 40.0 Å². The zero-order valence-corrected chi connectivity index (χ0v) is 14.5. The maximum Gasteiger partial charge on any atom is 0.466 e. The Hall–Kier alpha value is -1.80. The second-order valence-corrected chi connectivity index (χ2v) is 6.86. The summed E-state index contributed by atoms with van der Waals surface area (Å²) in [4.78, 5) is 23.4. The van der Waals surface area contributed by atoms with Crippen LogP contribution >= 0.6 is 0 Å². The molecule has 2 N–H and O–H groups in total. The van der Waals surface area contributed by atoms with Crippen molar-refractivity contribution in [1.29, 1.82) is 0 Å². The Morgan fingerprint density at radius 1 is 1.19 bits per heavy atom. The van der Waals surface area contributed by atoms with Gasteiger partial charge in [0.05, 0.1) is 0 Å². The smallest absolute Gasteiger partial charge is 0.412 e. The van der Waals surface area contributed by atoms with Crippen molar-refractivity contribution in [2.24, 2.45) is 0 Å². The highest BCUT2D eigenvalue weighted by molar-refractivity contribution is 7.86. The molecule has 152 valence electrons. The summed E-state index contributed by atoms with van der Waals surface area (Å²) in [5.41, 5.74) is -0.638. The van der Waals surface area contributed by atoms with Gasteiger partial charge in [-0.3, -0.25) is 9.35 Å². The van der Waals surface area contributed by atoms with Crippen LogP contribution in [0.25, 0.3) is 0 Å². The number of hydrogen-bond donors (Lipinski definition) is 2. The van der Waals surface area contributed by atoms with E-state index in [1.165, 1.54) is 13.8 Å². The van der Waals surface area contributed by atoms with Crippen molar-refractivity contribution in [2.75, 3.05) is 6.61 Å². The minimum atomic E-state index is -6.18. The fourth-order valence-corrected chi connectivity index (χ4v) is 1.45. The molecule has 8 nitrogen and oxygen atoms in total. The number of hydrogen-bond acceptors (Lipinski definition) is 6. The summed E-state index contributed by atoms with van der Waals surface area (Å²) in [5.74, 6) is -8.63. The molecule has 0 aliphatic rings. The highest BCUT2D eigenvalue weighted by Crippen LogP contribution is 2.38. The van der Waals surface area contributed by atoms with Crippen LogP contribution in [0.15, 0.2) is 12.2 Å². The Labute approximate surface area is 145 Å². The summed E-state index contributed by atoms with van der Waals surface area (Å²) < 4.78 is 104. The van der Waals surface area contributed by atoms with Crippen LogP contribution in [0, 0.1) is 0 Å². The fourth-order valence-electron chi connectivity index (χ4n) is 1.24. The topological polar surface area (TPSA) is 119 Å². The lowest BCUT2D eigenvalue weighted by Gasteiger charge is -2.34. The van der Waals surface area contributed by atoms with Gasteiger partial charge in [-0.15, -0.1) is 0 Å². The van der Waals surface area contributed by atoms with E-state index in [1.807, 2.05) is 0 Å². The number of halogens is 5. The molecule has 0 fully saturated rings. The number of carbonyl (C=O) groups excluding carboxylic acids is 2. The highest BCUT2D eigenvalue weighted by atomic mass is 32.2. The molecule has 14 heteroatoms. The van der Waals surface area contributed by atoms with Crippen molar-refractivity contribution in [3.8, 4) is 0 Å². The molecule has 1 amide bonds. The van der Waals surface area contributed by atoms with Gasteiger partial charge in [0, 0.05) is 11.6 Å². The van der Waals surface area contributed by atoms with Gasteiger partial charge in [0.1, 0.15) is 6.61 Å². The molecule has 0 radical (unpaired) electrons. The maximum absolute atomic E-state index is 13.4. The van der Waals surface area contributed by atoms with E-state index in [-0.39, 0.29) is 0 Å². The SMILES string of the molecule is C=C(C)C(=O)OC(OCC(F)(F)S(=O)(=O)O)(C(=O)NC(C)C)C(F)(F)F. The lowest BCUT2D eigenvalue weighted by molar-refractivity contribution is -0.352.